The van der Waals surface area contributed by atoms with E-state index in [0.29, 0.717) is 23.0 Å². The number of rotatable bonds is 4. The van der Waals surface area contributed by atoms with Gasteiger partial charge in [0.1, 0.15) is 0 Å². The van der Waals surface area contributed by atoms with Gasteiger partial charge in [0.15, 0.2) is 0 Å². The number of hydrogen-bond donors (Lipinski definition) is 0. The van der Waals surface area contributed by atoms with Crippen molar-refractivity contribution < 1.29 is 25.2 Å². The fourth-order valence-electron chi connectivity index (χ4n) is 5.56. The van der Waals surface area contributed by atoms with E-state index >= 15 is 0 Å². The summed E-state index contributed by atoms with van der Waals surface area (Å²) in [5.41, 5.74) is 3.34. The van der Waals surface area contributed by atoms with Crippen molar-refractivity contribution in [3.05, 3.63) is 119 Å². The van der Waals surface area contributed by atoms with E-state index in [4.69, 9.17) is 15.6 Å². The molecule has 6 nitrogen and oxygen atoms in total. The Bertz CT molecular complexity index is 1320. The molecule has 2 aliphatic heterocycles. The van der Waals surface area contributed by atoms with Gasteiger partial charge >= 0.3 is 220 Å². The summed E-state index contributed by atoms with van der Waals surface area (Å²) in [7, 11) is 0. The van der Waals surface area contributed by atoms with Crippen LogP contribution in [-0.4, -0.2) is 31.1 Å². The van der Waals surface area contributed by atoms with Gasteiger partial charge in [0.25, 0.3) is 0 Å². The van der Waals surface area contributed by atoms with Crippen molar-refractivity contribution in [2.24, 2.45) is 0 Å². The quantitative estimate of drug-likeness (QED) is 0.249. The molecule has 0 bridgehead atoms. The zero-order chi connectivity index (χ0) is 25.6. The van der Waals surface area contributed by atoms with Gasteiger partial charge in [-0.05, 0) is 0 Å². The molecule has 4 aromatic carbocycles. The SMILES string of the molecule is CC(=O)[O][Sn]([O]C(C)=O)([CH]1c2ccccc2Oc2ccccc21)[CH]1c2ccccc2Oc2ccccc21. The van der Waals surface area contributed by atoms with Gasteiger partial charge in [-0.25, -0.2) is 0 Å². The fourth-order valence-corrected chi connectivity index (χ4v) is 18.2. The van der Waals surface area contributed by atoms with Crippen LogP contribution in [0.5, 0.6) is 23.0 Å². The summed E-state index contributed by atoms with van der Waals surface area (Å²) < 4.78 is 24.5. The van der Waals surface area contributed by atoms with Crippen LogP contribution in [0, 0.1) is 0 Å². The third kappa shape index (κ3) is 3.96. The van der Waals surface area contributed by atoms with E-state index in [1.807, 2.05) is 97.1 Å². The molecule has 0 atom stereocenters. The molecule has 0 unspecified atom stereocenters. The van der Waals surface area contributed by atoms with Gasteiger partial charge < -0.3 is 0 Å². The third-order valence-electron chi connectivity index (χ3n) is 6.77. The van der Waals surface area contributed by atoms with Crippen LogP contribution < -0.4 is 9.47 Å². The molecule has 4 aromatic rings. The van der Waals surface area contributed by atoms with Gasteiger partial charge in [-0.3, -0.25) is 0 Å². The molecule has 6 rings (SSSR count). The van der Waals surface area contributed by atoms with Crippen LogP contribution in [0.15, 0.2) is 97.1 Å². The van der Waals surface area contributed by atoms with Crippen LogP contribution in [-0.2, 0) is 15.7 Å². The number of carbonyl (C=O) groups excluding carboxylic acids is 2. The molecule has 0 saturated carbocycles. The Morgan fingerprint density at radius 3 is 1.08 bits per heavy atom. The fraction of sp³-hybridized carbons (Fsp3) is 0.133. The van der Waals surface area contributed by atoms with Crippen molar-refractivity contribution >= 4 is 31.1 Å². The van der Waals surface area contributed by atoms with Crippen molar-refractivity contribution in [2.75, 3.05) is 0 Å². The van der Waals surface area contributed by atoms with Crippen LogP contribution >= 0.6 is 0 Å². The molecule has 0 fully saturated rings. The van der Waals surface area contributed by atoms with Gasteiger partial charge in [0.05, 0.1) is 0 Å². The second kappa shape index (κ2) is 9.26. The number of benzene rings is 4. The predicted molar refractivity (Wildman–Crippen MR) is 139 cm³/mol. The summed E-state index contributed by atoms with van der Waals surface area (Å²) in [6.45, 7) is 2.76. The molecule has 184 valence electrons. The molecule has 0 amide bonds. The van der Waals surface area contributed by atoms with Crippen LogP contribution in [0.3, 0.4) is 0 Å². The zero-order valence-electron chi connectivity index (χ0n) is 20.3. The monoisotopic (exact) mass is 600 g/mol. The number of ether oxygens (including phenoxy) is 2. The Morgan fingerprint density at radius 1 is 0.541 bits per heavy atom. The maximum atomic E-state index is 13.0. The molecule has 7 heteroatoms. The predicted octanol–water partition coefficient (Wildman–Crippen LogP) is 6.51. The topological polar surface area (TPSA) is 71.1 Å². The molecule has 37 heavy (non-hydrogen) atoms. The van der Waals surface area contributed by atoms with Crippen molar-refractivity contribution in [1.82, 2.24) is 0 Å². The van der Waals surface area contributed by atoms with Gasteiger partial charge in [-0.1, -0.05) is 0 Å². The first kappa shape index (κ1) is 23.6. The Labute approximate surface area is 219 Å². The number of carbonyl (C=O) groups is 2. The third-order valence-corrected chi connectivity index (χ3v) is 18.4. The second-order valence-corrected chi connectivity index (χ2v) is 17.7. The first-order valence-electron chi connectivity index (χ1n) is 12.1. The molecule has 0 spiro atoms. The van der Waals surface area contributed by atoms with E-state index in [-0.39, 0.29) is 0 Å². The van der Waals surface area contributed by atoms with E-state index in [0.717, 1.165) is 22.3 Å². The average molecular weight is 599 g/mol. The van der Waals surface area contributed by atoms with Crippen LogP contribution in [0.1, 0.15) is 44.0 Å². The molecule has 2 heterocycles. The Balaban J connectivity index is 1.72. The summed E-state index contributed by atoms with van der Waals surface area (Å²) in [4.78, 5) is 25.9. The molecule has 0 saturated heterocycles. The molecule has 0 aromatic heterocycles. The van der Waals surface area contributed by atoms with Gasteiger partial charge in [0, 0.05) is 0 Å². The van der Waals surface area contributed by atoms with E-state index in [2.05, 4.69) is 0 Å². The standard InChI is InChI=1S/2C13H9O.2C2H4O2.Sn/c2*1-3-7-12-10(5-1)9-11-6-2-4-8-13(11)14-12;2*1-2(3)4;/h2*1-9H;2*1H3,(H,3,4);/q;;;;+2/p-2. The van der Waals surface area contributed by atoms with Crippen LogP contribution in [0.4, 0.5) is 0 Å². The summed E-state index contributed by atoms with van der Waals surface area (Å²) >= 11 is -5.10. The minimum atomic E-state index is -5.10. The van der Waals surface area contributed by atoms with Crippen molar-refractivity contribution in [1.29, 1.82) is 0 Å². The Kier molecular flexibility index (Phi) is 5.91. The van der Waals surface area contributed by atoms with E-state index in [9.17, 15) is 9.59 Å². The van der Waals surface area contributed by atoms with E-state index in [1.165, 1.54) is 13.8 Å². The summed E-state index contributed by atoms with van der Waals surface area (Å²) in [6, 6.07) is 30.7. The maximum absolute atomic E-state index is 13.0. The van der Waals surface area contributed by atoms with Crippen molar-refractivity contribution in [3.8, 4) is 23.0 Å². The van der Waals surface area contributed by atoms with Crippen LogP contribution in [0.25, 0.3) is 0 Å². The average Bonchev–Trinajstić information content (AvgIpc) is 2.89. The summed E-state index contributed by atoms with van der Waals surface area (Å²) in [6.07, 6.45) is 0. The van der Waals surface area contributed by atoms with E-state index < -0.39 is 39.0 Å². The summed E-state index contributed by atoms with van der Waals surface area (Å²) in [5, 5.41) is 0. The Morgan fingerprint density at radius 2 is 0.811 bits per heavy atom. The number of hydrogen-bond acceptors (Lipinski definition) is 6. The number of para-hydroxylation sites is 4. The van der Waals surface area contributed by atoms with Gasteiger partial charge in [-0.2, -0.15) is 0 Å². The van der Waals surface area contributed by atoms with Crippen molar-refractivity contribution in [3.63, 3.8) is 0 Å². The normalized spacial score (nSPS) is 14.1. The van der Waals surface area contributed by atoms with Gasteiger partial charge in [0.2, 0.25) is 0 Å². The van der Waals surface area contributed by atoms with Crippen molar-refractivity contribution in [2.45, 2.75) is 21.7 Å². The van der Waals surface area contributed by atoms with Crippen LogP contribution in [0.2, 0.25) is 0 Å². The van der Waals surface area contributed by atoms with Gasteiger partial charge in [-0.15, -0.1) is 0 Å². The molecule has 2 aliphatic rings. The molecule has 0 aliphatic carbocycles. The number of fused-ring (bicyclic) bond motifs is 4. The molecular formula is C30H24O6Sn. The molecule has 0 radical (unpaired) electrons. The van der Waals surface area contributed by atoms with E-state index in [1.54, 1.807) is 0 Å². The first-order valence-corrected chi connectivity index (χ1v) is 17.7. The second-order valence-electron chi connectivity index (χ2n) is 9.13. The first-order chi connectivity index (χ1) is 18.0. The summed E-state index contributed by atoms with van der Waals surface area (Å²) in [5.74, 6) is 1.64. The molecular weight excluding hydrogens is 575 g/mol. The Hall–Kier alpha value is -3.78. The molecule has 0 N–H and O–H groups in total. The minimum absolute atomic E-state index is 0.486. The zero-order valence-corrected chi connectivity index (χ0v) is 23.2.